The van der Waals surface area contributed by atoms with Crippen molar-refractivity contribution in [3.8, 4) is 0 Å². The van der Waals surface area contributed by atoms with Crippen molar-refractivity contribution in [2.45, 2.75) is 26.0 Å². The van der Waals surface area contributed by atoms with Crippen molar-refractivity contribution >= 4 is 17.5 Å². The van der Waals surface area contributed by atoms with Crippen molar-refractivity contribution in [1.82, 2.24) is 15.1 Å². The third kappa shape index (κ3) is 5.77. The number of hydrogen-bond acceptors (Lipinski definition) is 4. The smallest absolute Gasteiger partial charge is 0.234 e. The maximum atomic E-state index is 12.2. The number of nitrogens with zero attached hydrogens (tertiary/aromatic N) is 2. The van der Waals surface area contributed by atoms with E-state index in [1.54, 1.807) is 6.92 Å². The highest BCUT2D eigenvalue weighted by molar-refractivity contribution is 6.31. The molecule has 6 heteroatoms. The molecule has 1 aliphatic heterocycles. The summed E-state index contributed by atoms with van der Waals surface area (Å²) in [5.74, 6) is 0.0152. The molecule has 0 saturated carbocycles. The summed E-state index contributed by atoms with van der Waals surface area (Å²) < 4.78 is 0. The second-order valence-corrected chi connectivity index (χ2v) is 6.64. The molecule has 0 spiro atoms. The minimum Gasteiger partial charge on any atom is -0.392 e. The number of rotatable bonds is 6. The zero-order chi connectivity index (χ0) is 16.8. The van der Waals surface area contributed by atoms with E-state index in [4.69, 9.17) is 11.6 Å². The first-order valence-corrected chi connectivity index (χ1v) is 8.50. The number of carbonyl (C=O) groups is 1. The molecule has 0 bridgehead atoms. The number of aliphatic hydroxyl groups excluding tert-OH is 1. The summed E-state index contributed by atoms with van der Waals surface area (Å²) in [6.07, 6.45) is -0.304. The Morgan fingerprint density at radius 3 is 2.43 bits per heavy atom. The van der Waals surface area contributed by atoms with E-state index in [1.807, 2.05) is 31.2 Å². The van der Waals surface area contributed by atoms with Crippen molar-refractivity contribution in [1.29, 1.82) is 0 Å². The van der Waals surface area contributed by atoms with Crippen LogP contribution < -0.4 is 5.32 Å². The topological polar surface area (TPSA) is 55.8 Å². The van der Waals surface area contributed by atoms with Crippen LogP contribution in [0, 0.1) is 0 Å². The lowest BCUT2D eigenvalue weighted by molar-refractivity contribution is -0.123. The molecule has 0 unspecified atom stereocenters. The van der Waals surface area contributed by atoms with Crippen LogP contribution in [-0.2, 0) is 4.79 Å². The quantitative estimate of drug-likeness (QED) is 0.825. The number of aliphatic hydroxyl groups is 1. The Morgan fingerprint density at radius 2 is 1.83 bits per heavy atom. The van der Waals surface area contributed by atoms with E-state index in [0.717, 1.165) is 31.7 Å². The van der Waals surface area contributed by atoms with Crippen molar-refractivity contribution in [3.63, 3.8) is 0 Å². The molecule has 1 heterocycles. The molecule has 23 heavy (non-hydrogen) atoms. The van der Waals surface area contributed by atoms with E-state index in [9.17, 15) is 9.90 Å². The summed E-state index contributed by atoms with van der Waals surface area (Å²) >= 11 is 6.16. The van der Waals surface area contributed by atoms with Crippen molar-refractivity contribution in [2.24, 2.45) is 0 Å². The van der Waals surface area contributed by atoms with Gasteiger partial charge in [0.25, 0.3) is 0 Å². The lowest BCUT2D eigenvalue weighted by Gasteiger charge is -2.35. The highest BCUT2D eigenvalue weighted by Gasteiger charge is 2.20. The summed E-state index contributed by atoms with van der Waals surface area (Å²) in [5.41, 5.74) is 0.935. The van der Waals surface area contributed by atoms with Gasteiger partial charge in [-0.3, -0.25) is 14.6 Å². The maximum Gasteiger partial charge on any atom is 0.234 e. The lowest BCUT2D eigenvalue weighted by Crippen LogP contribution is -2.50. The molecule has 2 atom stereocenters. The minimum atomic E-state index is -0.304. The Morgan fingerprint density at radius 1 is 1.22 bits per heavy atom. The fourth-order valence-corrected chi connectivity index (χ4v) is 3.20. The Kier molecular flexibility index (Phi) is 6.84. The number of piperazine rings is 1. The highest BCUT2D eigenvalue weighted by Crippen LogP contribution is 2.21. The van der Waals surface area contributed by atoms with Gasteiger partial charge in [-0.2, -0.15) is 0 Å². The maximum absolute atomic E-state index is 12.2. The Bertz CT molecular complexity index is 516. The fourth-order valence-electron chi connectivity index (χ4n) is 2.90. The minimum absolute atomic E-state index is 0.0152. The Balaban J connectivity index is 1.76. The average Bonchev–Trinajstić information content (AvgIpc) is 2.49. The summed E-state index contributed by atoms with van der Waals surface area (Å²) in [5, 5.41) is 13.1. The van der Waals surface area contributed by atoms with Crippen molar-refractivity contribution in [2.75, 3.05) is 39.3 Å². The zero-order valence-electron chi connectivity index (χ0n) is 13.8. The van der Waals surface area contributed by atoms with Crippen LogP contribution in [0.1, 0.15) is 25.5 Å². The van der Waals surface area contributed by atoms with Gasteiger partial charge in [0.15, 0.2) is 0 Å². The lowest BCUT2D eigenvalue weighted by atomic mass is 10.1. The molecule has 128 valence electrons. The van der Waals surface area contributed by atoms with Crippen LogP contribution in [0.25, 0.3) is 0 Å². The van der Waals surface area contributed by atoms with E-state index >= 15 is 0 Å². The molecule has 1 amide bonds. The first-order valence-electron chi connectivity index (χ1n) is 8.12. The normalized spacial score (nSPS) is 19.3. The second kappa shape index (κ2) is 8.64. The van der Waals surface area contributed by atoms with Gasteiger partial charge >= 0.3 is 0 Å². The Labute approximate surface area is 143 Å². The third-order valence-corrected chi connectivity index (χ3v) is 4.45. The van der Waals surface area contributed by atoms with Crippen molar-refractivity contribution in [3.05, 3.63) is 34.9 Å². The van der Waals surface area contributed by atoms with Crippen LogP contribution in [-0.4, -0.2) is 66.2 Å². The predicted octanol–water partition coefficient (Wildman–Crippen LogP) is 1.52. The molecule has 1 aliphatic rings. The molecule has 1 saturated heterocycles. The van der Waals surface area contributed by atoms with Gasteiger partial charge in [0, 0.05) is 37.7 Å². The van der Waals surface area contributed by atoms with E-state index in [0.29, 0.717) is 18.1 Å². The van der Waals surface area contributed by atoms with Crippen LogP contribution in [0.15, 0.2) is 24.3 Å². The number of halogens is 1. The molecular weight excluding hydrogens is 314 g/mol. The number of β-amino-alcohol motifs (C(OH)–C–C–N with tert-alkyl or cyclic N) is 1. The van der Waals surface area contributed by atoms with E-state index < -0.39 is 0 Å². The molecular formula is C17H26ClN3O2. The summed E-state index contributed by atoms with van der Waals surface area (Å²) in [4.78, 5) is 16.6. The largest absolute Gasteiger partial charge is 0.392 e. The number of carbonyl (C=O) groups excluding carboxylic acids is 1. The molecule has 0 aromatic heterocycles. The number of nitrogens with one attached hydrogen (secondary N) is 1. The number of amides is 1. The molecule has 5 nitrogen and oxygen atoms in total. The van der Waals surface area contributed by atoms with Gasteiger partial charge in [0.1, 0.15) is 0 Å². The highest BCUT2D eigenvalue weighted by atomic mass is 35.5. The first kappa shape index (κ1) is 18.2. The SMILES string of the molecule is C[C@H](O)CN1CCN(CC(=O)N[C@@H](C)c2ccccc2Cl)CC1. The van der Waals surface area contributed by atoms with Gasteiger partial charge in [0.2, 0.25) is 5.91 Å². The average molecular weight is 340 g/mol. The predicted molar refractivity (Wildman–Crippen MR) is 92.6 cm³/mol. The van der Waals surface area contributed by atoms with Crippen molar-refractivity contribution < 1.29 is 9.90 Å². The van der Waals surface area contributed by atoms with Crippen LogP contribution in [0.5, 0.6) is 0 Å². The molecule has 0 radical (unpaired) electrons. The molecule has 1 aromatic carbocycles. The number of hydrogen-bond donors (Lipinski definition) is 2. The van der Waals surface area contributed by atoms with E-state index in [-0.39, 0.29) is 18.1 Å². The van der Waals surface area contributed by atoms with Gasteiger partial charge in [-0.1, -0.05) is 29.8 Å². The standard InChI is InChI=1S/C17H26ClN3O2/c1-13(22)11-20-7-9-21(10-8-20)12-17(23)19-14(2)15-5-3-4-6-16(15)18/h3-6,13-14,22H,7-12H2,1-2H3,(H,19,23)/t13-,14-/m0/s1. The molecule has 2 rings (SSSR count). The zero-order valence-corrected chi connectivity index (χ0v) is 14.6. The molecule has 2 N–H and O–H groups in total. The summed E-state index contributed by atoms with van der Waals surface area (Å²) in [7, 11) is 0. The first-order chi connectivity index (χ1) is 11.0. The molecule has 1 aromatic rings. The molecule has 1 fully saturated rings. The monoisotopic (exact) mass is 339 g/mol. The summed E-state index contributed by atoms with van der Waals surface area (Å²) in [6, 6.07) is 7.47. The van der Waals surface area contributed by atoms with Gasteiger partial charge < -0.3 is 10.4 Å². The second-order valence-electron chi connectivity index (χ2n) is 6.24. The Hall–Kier alpha value is -1.14. The van der Waals surface area contributed by atoms with Crippen LogP contribution >= 0.6 is 11.6 Å². The van der Waals surface area contributed by atoms with Crippen LogP contribution in [0.4, 0.5) is 0 Å². The van der Waals surface area contributed by atoms with E-state index in [2.05, 4.69) is 15.1 Å². The third-order valence-electron chi connectivity index (χ3n) is 4.10. The van der Waals surface area contributed by atoms with E-state index in [1.165, 1.54) is 0 Å². The van der Waals surface area contributed by atoms with Gasteiger partial charge in [-0.05, 0) is 25.5 Å². The van der Waals surface area contributed by atoms with Gasteiger partial charge in [0.05, 0.1) is 18.7 Å². The van der Waals surface area contributed by atoms with Gasteiger partial charge in [-0.15, -0.1) is 0 Å². The van der Waals surface area contributed by atoms with Gasteiger partial charge in [-0.25, -0.2) is 0 Å². The molecule has 0 aliphatic carbocycles. The van der Waals surface area contributed by atoms with Crippen LogP contribution in [0.2, 0.25) is 5.02 Å². The van der Waals surface area contributed by atoms with Crippen LogP contribution in [0.3, 0.4) is 0 Å². The fraction of sp³-hybridized carbons (Fsp3) is 0.588. The number of benzene rings is 1. The summed E-state index contributed by atoms with van der Waals surface area (Å²) in [6.45, 7) is 8.31.